The van der Waals surface area contributed by atoms with Gasteiger partial charge in [0, 0.05) is 0 Å². The zero-order chi connectivity index (χ0) is 23.9. The van der Waals surface area contributed by atoms with Crippen LogP contribution in [0.25, 0.3) is 5.69 Å². The van der Waals surface area contributed by atoms with E-state index < -0.39 is 5.82 Å². The highest BCUT2D eigenvalue weighted by molar-refractivity contribution is 7.99. The Labute approximate surface area is 199 Å². The number of hydrogen-bond donors (Lipinski definition) is 2. The number of rotatable bonds is 8. The topological polar surface area (TPSA) is 102 Å². The number of tetrazole rings is 1. The van der Waals surface area contributed by atoms with Crippen LogP contribution in [0.4, 0.5) is 10.1 Å². The number of carbonyl (C=O) groups excluding carboxylic acids is 2. The zero-order valence-electron chi connectivity index (χ0n) is 18.2. The molecule has 1 heterocycles. The van der Waals surface area contributed by atoms with Gasteiger partial charge in [0.15, 0.2) is 0 Å². The van der Waals surface area contributed by atoms with E-state index in [9.17, 15) is 14.0 Å². The van der Waals surface area contributed by atoms with Crippen LogP contribution in [0, 0.1) is 5.82 Å². The van der Waals surface area contributed by atoms with Gasteiger partial charge in [-0.25, -0.2) is 4.39 Å². The second kappa shape index (κ2) is 10.7. The fraction of sp³-hybridized carbons (Fsp3) is 0.125. The number of nitrogens with one attached hydrogen (secondary N) is 2. The Morgan fingerprint density at radius 3 is 2.59 bits per heavy atom. The molecule has 3 aromatic carbocycles. The van der Waals surface area contributed by atoms with Gasteiger partial charge < -0.3 is 10.6 Å². The summed E-state index contributed by atoms with van der Waals surface area (Å²) >= 11 is 1.10. The Morgan fingerprint density at radius 2 is 1.79 bits per heavy atom. The lowest BCUT2D eigenvalue weighted by molar-refractivity contribution is -0.113. The molecule has 2 amide bonds. The van der Waals surface area contributed by atoms with Gasteiger partial charge in [0.05, 0.1) is 28.7 Å². The number of anilines is 1. The summed E-state index contributed by atoms with van der Waals surface area (Å²) in [7, 11) is 0. The summed E-state index contributed by atoms with van der Waals surface area (Å²) in [5.41, 5.74) is 2.18. The van der Waals surface area contributed by atoms with Crippen molar-refractivity contribution in [1.82, 2.24) is 25.5 Å². The van der Waals surface area contributed by atoms with E-state index in [0.29, 0.717) is 22.1 Å². The van der Waals surface area contributed by atoms with E-state index in [4.69, 9.17) is 0 Å². The molecule has 0 spiro atoms. The van der Waals surface area contributed by atoms with Crippen molar-refractivity contribution in [3.8, 4) is 5.69 Å². The Hall–Kier alpha value is -4.05. The number of carbonyl (C=O) groups is 2. The molecule has 0 bridgehead atoms. The molecule has 172 valence electrons. The van der Waals surface area contributed by atoms with Crippen molar-refractivity contribution in [2.24, 2.45) is 0 Å². The molecule has 2 N–H and O–H groups in total. The molecular formula is C24H21FN6O2S. The SMILES string of the molecule is C[C@H](NC(=O)c1ccccc1NC(=O)CSc1nnnn1-c1cccc(F)c1)c1ccccc1. The van der Waals surface area contributed by atoms with Gasteiger partial charge in [0.2, 0.25) is 11.1 Å². The van der Waals surface area contributed by atoms with Crippen molar-refractivity contribution in [3.63, 3.8) is 0 Å². The first kappa shape index (κ1) is 23.1. The molecule has 10 heteroatoms. The van der Waals surface area contributed by atoms with E-state index in [-0.39, 0.29) is 23.6 Å². The second-order valence-electron chi connectivity index (χ2n) is 7.34. The van der Waals surface area contributed by atoms with Gasteiger partial charge in [0.1, 0.15) is 5.82 Å². The third-order valence-corrected chi connectivity index (χ3v) is 5.84. The second-order valence-corrected chi connectivity index (χ2v) is 8.28. The largest absolute Gasteiger partial charge is 0.345 e. The molecule has 0 aliphatic rings. The molecule has 0 unspecified atom stereocenters. The van der Waals surface area contributed by atoms with Gasteiger partial charge in [-0.15, -0.1) is 5.10 Å². The summed E-state index contributed by atoms with van der Waals surface area (Å²) in [6.07, 6.45) is 0. The number of hydrogen-bond acceptors (Lipinski definition) is 6. The van der Waals surface area contributed by atoms with Crippen LogP contribution >= 0.6 is 11.8 Å². The van der Waals surface area contributed by atoms with E-state index in [1.165, 1.54) is 16.8 Å². The number of halogens is 1. The van der Waals surface area contributed by atoms with Crippen LogP contribution in [0.3, 0.4) is 0 Å². The lowest BCUT2D eigenvalue weighted by Gasteiger charge is -2.16. The number of nitrogens with zero attached hydrogens (tertiary/aromatic N) is 4. The Kier molecular flexibility index (Phi) is 7.28. The molecule has 0 saturated carbocycles. The molecule has 8 nitrogen and oxygen atoms in total. The highest BCUT2D eigenvalue weighted by atomic mass is 32.2. The molecule has 4 aromatic rings. The van der Waals surface area contributed by atoms with Crippen molar-refractivity contribution >= 4 is 29.3 Å². The molecule has 0 aliphatic carbocycles. The smallest absolute Gasteiger partial charge is 0.253 e. The quantitative estimate of drug-likeness (QED) is 0.373. The van der Waals surface area contributed by atoms with Crippen molar-refractivity contribution in [2.75, 3.05) is 11.1 Å². The summed E-state index contributed by atoms with van der Waals surface area (Å²) in [6, 6.07) is 22.0. The number of amides is 2. The zero-order valence-corrected chi connectivity index (χ0v) is 19.0. The fourth-order valence-corrected chi connectivity index (χ4v) is 3.94. The number of aromatic nitrogens is 4. The first-order valence-corrected chi connectivity index (χ1v) is 11.4. The molecule has 0 saturated heterocycles. The Bertz CT molecular complexity index is 1300. The van der Waals surface area contributed by atoms with Crippen molar-refractivity contribution in [1.29, 1.82) is 0 Å². The monoisotopic (exact) mass is 476 g/mol. The van der Waals surface area contributed by atoms with E-state index in [1.807, 2.05) is 37.3 Å². The molecule has 0 fully saturated rings. The van der Waals surface area contributed by atoms with Crippen LogP contribution in [0.15, 0.2) is 84.0 Å². The lowest BCUT2D eigenvalue weighted by atomic mass is 10.1. The molecule has 1 aromatic heterocycles. The van der Waals surface area contributed by atoms with Gasteiger partial charge in [-0.2, -0.15) is 4.68 Å². The van der Waals surface area contributed by atoms with E-state index in [2.05, 4.69) is 26.2 Å². The van der Waals surface area contributed by atoms with Gasteiger partial charge in [0.25, 0.3) is 5.91 Å². The van der Waals surface area contributed by atoms with Crippen LogP contribution in [0.5, 0.6) is 0 Å². The van der Waals surface area contributed by atoms with Crippen LogP contribution in [0.1, 0.15) is 28.9 Å². The molecule has 1 atom stereocenters. The van der Waals surface area contributed by atoms with Crippen molar-refractivity contribution in [2.45, 2.75) is 18.1 Å². The van der Waals surface area contributed by atoms with E-state index in [0.717, 1.165) is 17.3 Å². The molecule has 0 radical (unpaired) electrons. The van der Waals surface area contributed by atoms with Crippen molar-refractivity contribution in [3.05, 3.63) is 95.8 Å². The summed E-state index contributed by atoms with van der Waals surface area (Å²) in [4.78, 5) is 25.5. The lowest BCUT2D eigenvalue weighted by Crippen LogP contribution is -2.28. The van der Waals surface area contributed by atoms with Gasteiger partial charge in [-0.3, -0.25) is 9.59 Å². The van der Waals surface area contributed by atoms with Crippen LogP contribution in [-0.4, -0.2) is 37.8 Å². The molecular weight excluding hydrogens is 455 g/mol. The summed E-state index contributed by atoms with van der Waals surface area (Å²) in [5, 5.41) is 17.5. The highest BCUT2D eigenvalue weighted by Crippen LogP contribution is 2.21. The molecule has 4 rings (SSSR count). The third kappa shape index (κ3) is 5.65. The van der Waals surface area contributed by atoms with Crippen LogP contribution in [-0.2, 0) is 4.79 Å². The maximum Gasteiger partial charge on any atom is 0.253 e. The summed E-state index contributed by atoms with van der Waals surface area (Å²) in [6.45, 7) is 1.90. The fourth-order valence-electron chi connectivity index (χ4n) is 3.24. The minimum atomic E-state index is -0.418. The Balaban J connectivity index is 1.40. The maximum atomic E-state index is 13.5. The average Bonchev–Trinajstić information content (AvgIpc) is 3.32. The predicted molar refractivity (Wildman–Crippen MR) is 127 cm³/mol. The van der Waals surface area contributed by atoms with Gasteiger partial charge in [-0.05, 0) is 53.2 Å². The average molecular weight is 477 g/mol. The van der Waals surface area contributed by atoms with Gasteiger partial charge >= 0.3 is 0 Å². The summed E-state index contributed by atoms with van der Waals surface area (Å²) < 4.78 is 14.9. The maximum absolute atomic E-state index is 13.5. The third-order valence-electron chi connectivity index (χ3n) is 4.92. The van der Waals surface area contributed by atoms with Gasteiger partial charge in [-0.1, -0.05) is 60.3 Å². The van der Waals surface area contributed by atoms with Crippen LogP contribution in [0.2, 0.25) is 0 Å². The normalized spacial score (nSPS) is 11.6. The first-order valence-electron chi connectivity index (χ1n) is 10.4. The standard InChI is InChI=1S/C24H21FN6O2S/c1-16(17-8-3-2-4-9-17)26-23(33)20-12-5-6-13-21(20)27-22(32)15-34-24-28-29-30-31(24)19-11-7-10-18(25)14-19/h2-14,16H,15H2,1H3,(H,26,33)(H,27,32)/t16-/m0/s1. The highest BCUT2D eigenvalue weighted by Gasteiger charge is 2.17. The summed E-state index contributed by atoms with van der Waals surface area (Å²) in [5.74, 6) is -1.06. The van der Waals surface area contributed by atoms with E-state index in [1.54, 1.807) is 36.4 Å². The predicted octanol–water partition coefficient (Wildman–Crippen LogP) is 4.02. The minimum Gasteiger partial charge on any atom is -0.345 e. The number of thioether (sulfide) groups is 1. The molecule has 0 aliphatic heterocycles. The minimum absolute atomic E-state index is 0.00788. The van der Waals surface area contributed by atoms with Crippen LogP contribution < -0.4 is 10.6 Å². The van der Waals surface area contributed by atoms with E-state index >= 15 is 0 Å². The number of benzene rings is 3. The number of para-hydroxylation sites is 1. The first-order chi connectivity index (χ1) is 16.5. The Morgan fingerprint density at radius 1 is 1.03 bits per heavy atom. The molecule has 34 heavy (non-hydrogen) atoms. The van der Waals surface area contributed by atoms with Crippen molar-refractivity contribution < 1.29 is 14.0 Å².